The lowest BCUT2D eigenvalue weighted by Crippen LogP contribution is -2.11. The van der Waals surface area contributed by atoms with Crippen molar-refractivity contribution in [2.45, 2.75) is 19.8 Å². The molecule has 0 aliphatic rings. The van der Waals surface area contributed by atoms with E-state index in [1.165, 1.54) is 16.7 Å². The van der Waals surface area contributed by atoms with Crippen LogP contribution in [-0.4, -0.2) is 30.6 Å². The number of hydrogen-bond donors (Lipinski definition) is 3. The fourth-order valence-corrected chi connectivity index (χ4v) is 6.38. The Morgan fingerprint density at radius 2 is 2.03 bits per heavy atom. The molecule has 30 heavy (non-hydrogen) atoms. The van der Waals surface area contributed by atoms with Crippen molar-refractivity contribution >= 4 is 48.5 Å². The smallest absolute Gasteiger partial charge is 0.147 e. The van der Waals surface area contributed by atoms with Gasteiger partial charge in [-0.2, -0.15) is 0 Å². The highest BCUT2D eigenvalue weighted by molar-refractivity contribution is 9.10. The molecule has 1 heterocycles. The Morgan fingerprint density at radius 1 is 1.27 bits per heavy atom. The lowest BCUT2D eigenvalue weighted by molar-refractivity contribution is 0.631. The highest BCUT2D eigenvalue weighted by Crippen LogP contribution is 2.43. The Labute approximate surface area is 190 Å². The van der Waals surface area contributed by atoms with Gasteiger partial charge in [-0.3, -0.25) is 4.98 Å². The fourth-order valence-electron chi connectivity index (χ4n) is 3.05. The number of hydrogen-bond acceptors (Lipinski definition) is 4. The van der Waals surface area contributed by atoms with Crippen molar-refractivity contribution in [1.29, 1.82) is 0 Å². The van der Waals surface area contributed by atoms with Gasteiger partial charge in [0.15, 0.2) is 0 Å². The highest BCUT2D eigenvalue weighted by Gasteiger charge is 2.13. The van der Waals surface area contributed by atoms with Crippen LogP contribution in [0.5, 0.6) is 0 Å². The zero-order chi connectivity index (χ0) is 22.1. The van der Waals surface area contributed by atoms with E-state index in [0.717, 1.165) is 36.5 Å². The summed E-state index contributed by atoms with van der Waals surface area (Å²) in [4.78, 5) is 4.22. The third-order valence-electron chi connectivity index (χ3n) is 4.82. The molecular weight excluding hydrogens is 481 g/mol. The predicted octanol–water partition coefficient (Wildman–Crippen LogP) is 6.02. The van der Waals surface area contributed by atoms with Gasteiger partial charge in [0.1, 0.15) is 5.82 Å². The first-order valence-corrected chi connectivity index (χ1v) is 14.6. The molecule has 0 aliphatic heterocycles. The second-order valence-corrected chi connectivity index (χ2v) is 12.7. The predicted molar refractivity (Wildman–Crippen MR) is 136 cm³/mol. The minimum absolute atomic E-state index is 0.266. The van der Waals surface area contributed by atoms with Gasteiger partial charge in [0.25, 0.3) is 0 Å². The molecular formula is C22H30BrFN4P2. The van der Waals surface area contributed by atoms with Gasteiger partial charge in [0.2, 0.25) is 0 Å². The van der Waals surface area contributed by atoms with E-state index in [9.17, 15) is 4.39 Å². The molecule has 0 spiro atoms. The minimum atomic E-state index is -0.435. The van der Waals surface area contributed by atoms with Crippen LogP contribution in [0.25, 0.3) is 0 Å². The van der Waals surface area contributed by atoms with Crippen molar-refractivity contribution in [1.82, 2.24) is 4.98 Å². The van der Waals surface area contributed by atoms with Crippen LogP contribution in [-0.2, 0) is 0 Å². The molecule has 0 bridgehead atoms. The summed E-state index contributed by atoms with van der Waals surface area (Å²) in [6.07, 6.45) is 11.1. The van der Waals surface area contributed by atoms with Gasteiger partial charge in [0, 0.05) is 21.7 Å². The Kier molecular flexibility index (Phi) is 10.2. The molecule has 5 N–H and O–H groups in total. The van der Waals surface area contributed by atoms with E-state index < -0.39 is 7.92 Å². The number of rotatable bonds is 10. The molecule has 0 saturated heterocycles. The molecule has 1 aromatic carbocycles. The molecule has 2 rings (SSSR count). The average Bonchev–Trinajstić information content (AvgIpc) is 2.73. The minimum Gasteiger partial charge on any atom is -0.405 e. The SMILES string of the molecule is CCP(C)C(/C=C\N)=C(\N)CCCP(C)c1ccncc1Nc1ccc(Br)cc1F. The summed E-state index contributed by atoms with van der Waals surface area (Å²) in [6.45, 7) is 6.66. The molecule has 4 nitrogen and oxygen atoms in total. The standard InChI is InChI=1S/C22H30BrFN4P2/c1-4-29(2)21(9-11-25)18(26)6-5-13-30(3)22-10-12-27-15-20(22)28-19-8-7-16(23)14-17(19)24/h7-12,14-15,28H,4-6,13,25-26H2,1-3H3/b11-9-,21-18-. The first-order chi connectivity index (χ1) is 14.4. The Hall–Kier alpha value is -1.48. The topological polar surface area (TPSA) is 77.0 Å². The lowest BCUT2D eigenvalue weighted by Gasteiger charge is -2.19. The molecule has 8 heteroatoms. The van der Waals surface area contributed by atoms with Crippen molar-refractivity contribution < 1.29 is 4.39 Å². The molecule has 2 atom stereocenters. The first-order valence-electron chi connectivity index (χ1n) is 9.82. The Balaban J connectivity index is 2.08. The van der Waals surface area contributed by atoms with Crippen molar-refractivity contribution in [3.8, 4) is 0 Å². The van der Waals surface area contributed by atoms with Gasteiger partial charge >= 0.3 is 0 Å². The van der Waals surface area contributed by atoms with Crippen molar-refractivity contribution in [3.63, 3.8) is 0 Å². The number of nitrogens with zero attached hydrogens (tertiary/aromatic N) is 1. The van der Waals surface area contributed by atoms with Crippen LogP contribution in [0.1, 0.15) is 19.8 Å². The molecule has 0 amide bonds. The van der Waals surface area contributed by atoms with Crippen LogP contribution in [0.15, 0.2) is 64.4 Å². The normalized spacial score (nSPS) is 14.4. The van der Waals surface area contributed by atoms with E-state index in [1.54, 1.807) is 24.7 Å². The maximum atomic E-state index is 14.3. The van der Waals surface area contributed by atoms with Crippen LogP contribution in [0.3, 0.4) is 0 Å². The molecule has 0 radical (unpaired) electrons. The molecule has 0 saturated carbocycles. The zero-order valence-corrected chi connectivity index (χ0v) is 21.1. The summed E-state index contributed by atoms with van der Waals surface area (Å²) in [5.74, 6) is -0.301. The second-order valence-electron chi connectivity index (χ2n) is 6.95. The van der Waals surface area contributed by atoms with E-state index in [-0.39, 0.29) is 13.7 Å². The number of nitrogens with two attached hydrogens (primary N) is 2. The van der Waals surface area contributed by atoms with Crippen LogP contribution < -0.4 is 22.1 Å². The zero-order valence-electron chi connectivity index (χ0n) is 17.7. The molecule has 2 aromatic rings. The third kappa shape index (κ3) is 7.04. The fraction of sp³-hybridized carbons (Fsp3) is 0.318. The van der Waals surface area contributed by atoms with Crippen LogP contribution in [0.4, 0.5) is 15.8 Å². The lowest BCUT2D eigenvalue weighted by atomic mass is 10.2. The van der Waals surface area contributed by atoms with E-state index in [0.29, 0.717) is 10.2 Å². The number of halogens is 2. The van der Waals surface area contributed by atoms with Gasteiger partial charge < -0.3 is 16.8 Å². The van der Waals surface area contributed by atoms with Crippen molar-refractivity contribution in [2.24, 2.45) is 11.5 Å². The van der Waals surface area contributed by atoms with E-state index in [4.69, 9.17) is 11.5 Å². The van der Waals surface area contributed by atoms with Gasteiger partial charge in [-0.05, 0) is 80.4 Å². The monoisotopic (exact) mass is 510 g/mol. The molecule has 162 valence electrons. The Bertz CT molecular complexity index is 904. The van der Waals surface area contributed by atoms with E-state index in [1.807, 2.05) is 18.2 Å². The number of pyridine rings is 1. The summed E-state index contributed by atoms with van der Waals surface area (Å²) in [6, 6.07) is 7.02. The quantitative estimate of drug-likeness (QED) is 0.270. The summed E-state index contributed by atoms with van der Waals surface area (Å²) < 4.78 is 15.0. The number of nitrogens with one attached hydrogen (secondary N) is 1. The maximum Gasteiger partial charge on any atom is 0.147 e. The van der Waals surface area contributed by atoms with Crippen LogP contribution in [0.2, 0.25) is 0 Å². The van der Waals surface area contributed by atoms with Crippen molar-refractivity contribution in [2.75, 3.05) is 31.0 Å². The van der Waals surface area contributed by atoms with Gasteiger partial charge in [-0.15, -0.1) is 0 Å². The van der Waals surface area contributed by atoms with Gasteiger partial charge in [-0.1, -0.05) is 38.7 Å². The summed E-state index contributed by atoms with van der Waals surface area (Å²) in [5, 5.41) is 5.59. The third-order valence-corrected chi connectivity index (χ3v) is 9.72. The van der Waals surface area contributed by atoms with Gasteiger partial charge in [-0.25, -0.2) is 4.39 Å². The number of aromatic nitrogens is 1. The largest absolute Gasteiger partial charge is 0.405 e. The van der Waals surface area contributed by atoms with Crippen LogP contribution >= 0.6 is 31.8 Å². The first kappa shape index (κ1) is 24.8. The van der Waals surface area contributed by atoms with Crippen molar-refractivity contribution in [3.05, 3.63) is 70.2 Å². The second kappa shape index (κ2) is 12.4. The van der Waals surface area contributed by atoms with Gasteiger partial charge in [0.05, 0.1) is 17.6 Å². The molecule has 2 unspecified atom stereocenters. The highest BCUT2D eigenvalue weighted by atomic mass is 79.9. The number of allylic oxidation sites excluding steroid dienone is 3. The number of benzene rings is 1. The summed E-state index contributed by atoms with van der Waals surface area (Å²) in [7, 11) is -0.701. The Morgan fingerprint density at radius 3 is 2.70 bits per heavy atom. The average molecular weight is 511 g/mol. The summed E-state index contributed by atoms with van der Waals surface area (Å²) in [5.41, 5.74) is 14.2. The molecule has 0 fully saturated rings. The number of anilines is 2. The van der Waals surface area contributed by atoms with E-state index in [2.05, 4.69) is 46.5 Å². The van der Waals surface area contributed by atoms with Crippen LogP contribution in [0, 0.1) is 5.82 Å². The summed E-state index contributed by atoms with van der Waals surface area (Å²) >= 11 is 3.29. The molecule has 1 aromatic heterocycles. The maximum absolute atomic E-state index is 14.3. The molecule has 0 aliphatic carbocycles. The van der Waals surface area contributed by atoms with E-state index >= 15 is 0 Å².